The molecule has 0 fully saturated rings. The van der Waals surface area contributed by atoms with Crippen molar-refractivity contribution < 1.29 is 9.53 Å². The molecular formula is C10H17NO2S. The average molecular weight is 215 g/mol. The number of rotatable bonds is 4. The fraction of sp³-hybridized carbons (Fsp3) is 0.800. The SMILES string of the molecule is CCC(C#N)SCC(=O)OC(C)(C)C. The first kappa shape index (κ1) is 13.3. The van der Waals surface area contributed by atoms with Crippen molar-refractivity contribution in [3.63, 3.8) is 0 Å². The minimum absolute atomic E-state index is 0.109. The highest BCUT2D eigenvalue weighted by Gasteiger charge is 2.17. The molecule has 0 bridgehead atoms. The van der Waals surface area contributed by atoms with Crippen LogP contribution in [0, 0.1) is 11.3 Å². The van der Waals surface area contributed by atoms with Gasteiger partial charge in [-0.2, -0.15) is 5.26 Å². The molecule has 1 atom stereocenters. The molecule has 0 aromatic heterocycles. The molecular weight excluding hydrogens is 198 g/mol. The monoisotopic (exact) mass is 215 g/mol. The van der Waals surface area contributed by atoms with Crippen molar-refractivity contribution in [3.8, 4) is 6.07 Å². The van der Waals surface area contributed by atoms with Gasteiger partial charge in [0.15, 0.2) is 0 Å². The van der Waals surface area contributed by atoms with E-state index in [2.05, 4.69) is 6.07 Å². The number of esters is 1. The predicted molar refractivity (Wildman–Crippen MR) is 58.0 cm³/mol. The second-order valence-corrected chi connectivity index (χ2v) is 5.11. The zero-order valence-electron chi connectivity index (χ0n) is 9.16. The zero-order chi connectivity index (χ0) is 11.2. The van der Waals surface area contributed by atoms with E-state index in [-0.39, 0.29) is 17.0 Å². The molecule has 0 aliphatic heterocycles. The Balaban J connectivity index is 3.81. The van der Waals surface area contributed by atoms with Crippen molar-refractivity contribution in [3.05, 3.63) is 0 Å². The third-order valence-electron chi connectivity index (χ3n) is 1.34. The summed E-state index contributed by atoms with van der Waals surface area (Å²) >= 11 is 1.33. The topological polar surface area (TPSA) is 50.1 Å². The number of carbonyl (C=O) groups is 1. The van der Waals surface area contributed by atoms with Gasteiger partial charge in [0.05, 0.1) is 17.1 Å². The van der Waals surface area contributed by atoms with Crippen molar-refractivity contribution in [1.29, 1.82) is 5.26 Å². The lowest BCUT2D eigenvalue weighted by molar-refractivity contribution is -0.151. The quantitative estimate of drug-likeness (QED) is 0.675. The standard InChI is InChI=1S/C10H17NO2S/c1-5-8(6-11)14-7-9(12)13-10(2,3)4/h8H,5,7H2,1-4H3. The first-order valence-corrected chi connectivity index (χ1v) is 5.67. The van der Waals surface area contributed by atoms with Crippen molar-refractivity contribution in [2.24, 2.45) is 0 Å². The van der Waals surface area contributed by atoms with E-state index in [1.807, 2.05) is 27.7 Å². The van der Waals surface area contributed by atoms with E-state index in [9.17, 15) is 4.79 Å². The van der Waals surface area contributed by atoms with Crippen LogP contribution in [0.2, 0.25) is 0 Å². The van der Waals surface area contributed by atoms with Crippen LogP contribution in [0.3, 0.4) is 0 Å². The van der Waals surface area contributed by atoms with Gasteiger partial charge in [0.1, 0.15) is 5.60 Å². The molecule has 4 heteroatoms. The van der Waals surface area contributed by atoms with E-state index < -0.39 is 5.60 Å². The largest absolute Gasteiger partial charge is 0.459 e. The second kappa shape index (κ2) is 5.92. The van der Waals surface area contributed by atoms with Crippen LogP contribution < -0.4 is 0 Å². The third kappa shape index (κ3) is 6.79. The maximum Gasteiger partial charge on any atom is 0.316 e. The average Bonchev–Trinajstić information content (AvgIpc) is 2.03. The fourth-order valence-corrected chi connectivity index (χ4v) is 1.49. The lowest BCUT2D eigenvalue weighted by Crippen LogP contribution is -2.25. The van der Waals surface area contributed by atoms with Gasteiger partial charge in [-0.1, -0.05) is 6.92 Å². The van der Waals surface area contributed by atoms with Gasteiger partial charge < -0.3 is 4.74 Å². The molecule has 14 heavy (non-hydrogen) atoms. The molecule has 3 nitrogen and oxygen atoms in total. The highest BCUT2D eigenvalue weighted by atomic mass is 32.2. The minimum atomic E-state index is -0.438. The number of hydrogen-bond acceptors (Lipinski definition) is 4. The normalized spacial score (nSPS) is 13.1. The third-order valence-corrected chi connectivity index (χ3v) is 2.58. The number of nitrogens with zero attached hydrogens (tertiary/aromatic N) is 1. The van der Waals surface area contributed by atoms with E-state index in [1.54, 1.807) is 0 Å². The predicted octanol–water partition coefficient (Wildman–Crippen LogP) is 2.36. The molecule has 0 heterocycles. The molecule has 0 N–H and O–H groups in total. The molecule has 0 aromatic carbocycles. The molecule has 0 spiro atoms. The van der Waals surface area contributed by atoms with Crippen molar-refractivity contribution >= 4 is 17.7 Å². The van der Waals surface area contributed by atoms with Crippen LogP contribution in [0.5, 0.6) is 0 Å². The van der Waals surface area contributed by atoms with E-state index in [4.69, 9.17) is 10.00 Å². The Hall–Kier alpha value is -0.690. The highest BCUT2D eigenvalue weighted by molar-refractivity contribution is 8.00. The second-order valence-electron chi connectivity index (χ2n) is 3.92. The first-order chi connectivity index (χ1) is 6.39. The summed E-state index contributed by atoms with van der Waals surface area (Å²) in [6, 6.07) is 2.13. The van der Waals surface area contributed by atoms with Crippen LogP contribution in [0.15, 0.2) is 0 Å². The van der Waals surface area contributed by atoms with Crippen LogP contribution >= 0.6 is 11.8 Å². The highest BCUT2D eigenvalue weighted by Crippen LogP contribution is 2.15. The molecule has 0 saturated heterocycles. The Bertz CT molecular complexity index is 227. The molecule has 0 radical (unpaired) electrons. The van der Waals surface area contributed by atoms with Gasteiger partial charge in [-0.05, 0) is 27.2 Å². The number of ether oxygens (including phenoxy) is 1. The summed E-state index contributed by atoms with van der Waals surface area (Å²) in [7, 11) is 0. The van der Waals surface area contributed by atoms with Crippen LogP contribution in [0.1, 0.15) is 34.1 Å². The van der Waals surface area contributed by atoms with Gasteiger partial charge in [0.25, 0.3) is 0 Å². The minimum Gasteiger partial charge on any atom is -0.459 e. The molecule has 0 aliphatic carbocycles. The van der Waals surface area contributed by atoms with Crippen molar-refractivity contribution in [1.82, 2.24) is 0 Å². The summed E-state index contributed by atoms with van der Waals surface area (Å²) in [5, 5.41) is 8.54. The zero-order valence-corrected chi connectivity index (χ0v) is 9.98. The smallest absolute Gasteiger partial charge is 0.316 e. The van der Waals surface area contributed by atoms with E-state index in [0.717, 1.165) is 6.42 Å². The summed E-state index contributed by atoms with van der Waals surface area (Å²) < 4.78 is 5.11. The maximum absolute atomic E-state index is 11.2. The van der Waals surface area contributed by atoms with Crippen LogP contribution in [-0.2, 0) is 9.53 Å². The Morgan fingerprint density at radius 1 is 1.57 bits per heavy atom. The molecule has 0 aromatic rings. The van der Waals surface area contributed by atoms with E-state index >= 15 is 0 Å². The van der Waals surface area contributed by atoms with Crippen LogP contribution in [0.4, 0.5) is 0 Å². The molecule has 1 unspecified atom stereocenters. The molecule has 0 aliphatic rings. The van der Waals surface area contributed by atoms with Gasteiger partial charge in [-0.25, -0.2) is 0 Å². The number of nitriles is 1. The van der Waals surface area contributed by atoms with Gasteiger partial charge in [-0.3, -0.25) is 4.79 Å². The number of hydrogen-bond donors (Lipinski definition) is 0. The Morgan fingerprint density at radius 3 is 2.50 bits per heavy atom. The maximum atomic E-state index is 11.2. The van der Waals surface area contributed by atoms with Crippen molar-refractivity contribution in [2.45, 2.75) is 45.0 Å². The summed E-state index contributed by atoms with van der Waals surface area (Å²) in [5.74, 6) is -0.000208. The number of carbonyl (C=O) groups excluding carboxylic acids is 1. The summed E-state index contributed by atoms with van der Waals surface area (Å²) in [6.45, 7) is 7.42. The van der Waals surface area contributed by atoms with Gasteiger partial charge >= 0.3 is 5.97 Å². The summed E-state index contributed by atoms with van der Waals surface area (Å²) in [5.41, 5.74) is -0.438. The van der Waals surface area contributed by atoms with Gasteiger partial charge in [0.2, 0.25) is 0 Å². The van der Waals surface area contributed by atoms with E-state index in [1.165, 1.54) is 11.8 Å². The van der Waals surface area contributed by atoms with Crippen molar-refractivity contribution in [2.75, 3.05) is 5.75 Å². The van der Waals surface area contributed by atoms with Crippen LogP contribution in [0.25, 0.3) is 0 Å². The fourth-order valence-electron chi connectivity index (χ4n) is 0.786. The molecule has 80 valence electrons. The molecule has 0 saturated carbocycles. The van der Waals surface area contributed by atoms with Gasteiger partial charge in [-0.15, -0.1) is 11.8 Å². The Labute approximate surface area is 89.8 Å². The summed E-state index contributed by atoms with van der Waals surface area (Å²) in [6.07, 6.45) is 0.754. The molecule has 0 amide bonds. The van der Waals surface area contributed by atoms with E-state index in [0.29, 0.717) is 0 Å². The lowest BCUT2D eigenvalue weighted by atomic mass is 10.2. The Morgan fingerprint density at radius 2 is 2.14 bits per heavy atom. The van der Waals surface area contributed by atoms with Crippen LogP contribution in [-0.4, -0.2) is 22.6 Å². The summed E-state index contributed by atoms with van der Waals surface area (Å²) in [4.78, 5) is 11.2. The number of thioether (sulfide) groups is 1. The van der Waals surface area contributed by atoms with Gasteiger partial charge in [0, 0.05) is 0 Å². The first-order valence-electron chi connectivity index (χ1n) is 4.62. The molecule has 0 rings (SSSR count). The lowest BCUT2D eigenvalue weighted by Gasteiger charge is -2.19. The Kier molecular flexibility index (Phi) is 5.63.